The Balaban J connectivity index is 1.34. The number of likely N-dealkylation sites (tertiary alicyclic amines) is 1. The molecule has 0 spiro atoms. The summed E-state index contributed by atoms with van der Waals surface area (Å²) in [5.74, 6) is 0.496. The Morgan fingerprint density at radius 1 is 1.18 bits per heavy atom. The fourth-order valence-electron chi connectivity index (χ4n) is 3.80. The third-order valence-electron chi connectivity index (χ3n) is 5.35. The van der Waals surface area contributed by atoms with Crippen molar-refractivity contribution in [3.63, 3.8) is 0 Å². The molecule has 7 nitrogen and oxygen atoms in total. The summed E-state index contributed by atoms with van der Waals surface area (Å²) in [4.78, 5) is 26.9. The lowest BCUT2D eigenvalue weighted by Gasteiger charge is -2.32. The number of rotatable bonds is 4. The van der Waals surface area contributed by atoms with Crippen molar-refractivity contribution in [2.75, 3.05) is 13.1 Å². The van der Waals surface area contributed by atoms with Crippen LogP contribution in [0.4, 0.5) is 0 Å². The lowest BCUT2D eigenvalue weighted by Crippen LogP contribution is -2.47. The van der Waals surface area contributed by atoms with Crippen LogP contribution >= 0.6 is 0 Å². The average Bonchev–Trinajstić information content (AvgIpc) is 3.26. The van der Waals surface area contributed by atoms with Gasteiger partial charge in [-0.3, -0.25) is 9.59 Å². The van der Waals surface area contributed by atoms with Crippen LogP contribution in [0.25, 0.3) is 10.9 Å². The fraction of sp³-hybridized carbons (Fsp3) is 0.381. The molecule has 1 fully saturated rings. The quantitative estimate of drug-likeness (QED) is 0.755. The fourth-order valence-corrected chi connectivity index (χ4v) is 3.80. The number of hydrogen-bond acceptors (Lipinski definition) is 4. The third-order valence-corrected chi connectivity index (χ3v) is 5.35. The van der Waals surface area contributed by atoms with Crippen LogP contribution in [-0.4, -0.2) is 45.6 Å². The van der Waals surface area contributed by atoms with Gasteiger partial charge in [-0.15, -0.1) is 0 Å². The predicted octanol–water partition coefficient (Wildman–Crippen LogP) is 2.67. The molecule has 0 bridgehead atoms. The van der Waals surface area contributed by atoms with E-state index in [4.69, 9.17) is 4.52 Å². The molecule has 0 aliphatic carbocycles. The summed E-state index contributed by atoms with van der Waals surface area (Å²) in [6.45, 7) is 5.40. The van der Waals surface area contributed by atoms with Crippen molar-refractivity contribution in [2.24, 2.45) is 0 Å². The van der Waals surface area contributed by atoms with Crippen LogP contribution in [0.2, 0.25) is 0 Å². The zero-order chi connectivity index (χ0) is 19.7. The van der Waals surface area contributed by atoms with Gasteiger partial charge in [0, 0.05) is 36.4 Å². The topological polar surface area (TPSA) is 80.4 Å². The van der Waals surface area contributed by atoms with E-state index in [2.05, 4.69) is 27.2 Å². The Morgan fingerprint density at radius 2 is 1.93 bits per heavy atom. The first-order valence-electron chi connectivity index (χ1n) is 9.58. The second-order valence-electron chi connectivity index (χ2n) is 7.38. The highest BCUT2D eigenvalue weighted by Crippen LogP contribution is 2.20. The Kier molecular flexibility index (Phi) is 4.90. The average molecular weight is 380 g/mol. The number of piperidine rings is 1. The molecule has 0 saturated carbocycles. The van der Waals surface area contributed by atoms with E-state index in [0.717, 1.165) is 29.4 Å². The van der Waals surface area contributed by atoms with E-state index in [1.165, 1.54) is 0 Å². The molecule has 1 aliphatic heterocycles. The molecule has 4 rings (SSSR count). The van der Waals surface area contributed by atoms with Crippen LogP contribution in [0.1, 0.15) is 34.8 Å². The minimum absolute atomic E-state index is 0.0442. The Bertz CT molecular complexity index is 1010. The van der Waals surface area contributed by atoms with Gasteiger partial charge in [0.05, 0.1) is 0 Å². The molecule has 3 aromatic rings. The van der Waals surface area contributed by atoms with Gasteiger partial charge in [0.2, 0.25) is 5.91 Å². The zero-order valence-corrected chi connectivity index (χ0v) is 16.1. The van der Waals surface area contributed by atoms with Crippen molar-refractivity contribution >= 4 is 22.7 Å². The molecule has 1 aromatic carbocycles. The molecular formula is C21H24N4O3. The number of amides is 2. The zero-order valence-electron chi connectivity index (χ0n) is 16.1. The summed E-state index contributed by atoms with van der Waals surface area (Å²) in [6.07, 6.45) is 1.47. The maximum absolute atomic E-state index is 12.8. The van der Waals surface area contributed by atoms with E-state index >= 15 is 0 Å². The van der Waals surface area contributed by atoms with Gasteiger partial charge in [-0.1, -0.05) is 23.4 Å². The number of nitrogens with one attached hydrogen (secondary N) is 1. The molecule has 2 aromatic heterocycles. The highest BCUT2D eigenvalue weighted by Gasteiger charge is 2.25. The van der Waals surface area contributed by atoms with E-state index in [9.17, 15) is 9.59 Å². The maximum atomic E-state index is 12.8. The summed E-state index contributed by atoms with van der Waals surface area (Å²) in [7, 11) is 0. The monoisotopic (exact) mass is 380 g/mol. The number of aryl methyl sites for hydroxylation is 2. The molecule has 0 radical (unpaired) electrons. The van der Waals surface area contributed by atoms with E-state index in [1.54, 1.807) is 13.0 Å². The van der Waals surface area contributed by atoms with E-state index < -0.39 is 0 Å². The van der Waals surface area contributed by atoms with Gasteiger partial charge in [-0.05, 0) is 44.2 Å². The number of aromatic nitrogens is 2. The molecule has 28 heavy (non-hydrogen) atoms. The van der Waals surface area contributed by atoms with Gasteiger partial charge in [0.1, 0.15) is 12.3 Å². The molecule has 3 heterocycles. The highest BCUT2D eigenvalue weighted by atomic mass is 16.5. The number of benzene rings is 1. The van der Waals surface area contributed by atoms with Crippen LogP contribution < -0.4 is 5.32 Å². The van der Waals surface area contributed by atoms with Crippen molar-refractivity contribution in [1.82, 2.24) is 19.9 Å². The molecular weight excluding hydrogens is 356 g/mol. The standard InChI is InChI=1S/C21H24N4O3/c1-14-11-16-5-3-4-6-19(16)25(14)13-20(26)24-9-7-17(8-10-24)22-21(27)18-12-15(2)28-23-18/h3-6,11-12,17H,7-10,13H2,1-2H3,(H,22,27). The maximum Gasteiger partial charge on any atom is 0.273 e. The van der Waals surface area contributed by atoms with Crippen LogP contribution in [0.3, 0.4) is 0 Å². The molecule has 1 saturated heterocycles. The van der Waals surface area contributed by atoms with Crippen molar-refractivity contribution in [3.8, 4) is 0 Å². The summed E-state index contributed by atoms with van der Waals surface area (Å²) >= 11 is 0. The van der Waals surface area contributed by atoms with E-state index in [-0.39, 0.29) is 17.9 Å². The van der Waals surface area contributed by atoms with Crippen LogP contribution in [0.15, 0.2) is 40.9 Å². The van der Waals surface area contributed by atoms with Crippen LogP contribution in [0, 0.1) is 13.8 Å². The predicted molar refractivity (Wildman–Crippen MR) is 105 cm³/mol. The minimum Gasteiger partial charge on any atom is -0.361 e. The number of nitrogens with zero attached hydrogens (tertiary/aromatic N) is 3. The van der Waals surface area contributed by atoms with Crippen molar-refractivity contribution in [1.29, 1.82) is 0 Å². The lowest BCUT2D eigenvalue weighted by molar-refractivity contribution is -0.132. The molecule has 1 aliphatic rings. The number of para-hydroxylation sites is 1. The van der Waals surface area contributed by atoms with Gasteiger partial charge in [0.15, 0.2) is 5.69 Å². The first-order chi connectivity index (χ1) is 13.5. The van der Waals surface area contributed by atoms with Gasteiger partial charge in [0.25, 0.3) is 5.91 Å². The van der Waals surface area contributed by atoms with Crippen LogP contribution in [0.5, 0.6) is 0 Å². The summed E-state index contributed by atoms with van der Waals surface area (Å²) < 4.78 is 7.02. The second-order valence-corrected chi connectivity index (χ2v) is 7.38. The third kappa shape index (κ3) is 3.65. The molecule has 1 N–H and O–H groups in total. The normalized spacial score (nSPS) is 15.1. The van der Waals surface area contributed by atoms with Gasteiger partial charge >= 0.3 is 0 Å². The largest absolute Gasteiger partial charge is 0.361 e. The first kappa shape index (κ1) is 18.3. The summed E-state index contributed by atoms with van der Waals surface area (Å²) in [6, 6.07) is 11.9. The van der Waals surface area contributed by atoms with Gasteiger partial charge in [-0.2, -0.15) is 0 Å². The van der Waals surface area contributed by atoms with Crippen molar-refractivity contribution < 1.29 is 14.1 Å². The Hall–Kier alpha value is -3.09. The molecule has 0 atom stereocenters. The number of fused-ring (bicyclic) bond motifs is 1. The molecule has 2 amide bonds. The van der Waals surface area contributed by atoms with Gasteiger partial charge in [-0.25, -0.2) is 0 Å². The minimum atomic E-state index is -0.226. The van der Waals surface area contributed by atoms with Gasteiger partial charge < -0.3 is 19.3 Å². The number of carbonyl (C=O) groups is 2. The molecule has 146 valence electrons. The number of carbonyl (C=O) groups excluding carboxylic acids is 2. The summed E-state index contributed by atoms with van der Waals surface area (Å²) in [5, 5.41) is 7.88. The lowest BCUT2D eigenvalue weighted by atomic mass is 10.0. The first-order valence-corrected chi connectivity index (χ1v) is 9.58. The van der Waals surface area contributed by atoms with Crippen molar-refractivity contribution in [2.45, 2.75) is 39.3 Å². The molecule has 0 unspecified atom stereocenters. The van der Waals surface area contributed by atoms with E-state index in [0.29, 0.717) is 31.1 Å². The van der Waals surface area contributed by atoms with Crippen LogP contribution in [-0.2, 0) is 11.3 Å². The molecule has 7 heteroatoms. The Morgan fingerprint density at radius 3 is 2.64 bits per heavy atom. The van der Waals surface area contributed by atoms with Crippen molar-refractivity contribution in [3.05, 3.63) is 53.5 Å². The smallest absolute Gasteiger partial charge is 0.273 e. The highest BCUT2D eigenvalue weighted by molar-refractivity contribution is 5.92. The summed E-state index contributed by atoms with van der Waals surface area (Å²) in [5.41, 5.74) is 2.46. The van der Waals surface area contributed by atoms with E-state index in [1.807, 2.05) is 30.0 Å². The second kappa shape index (κ2) is 7.50. The number of hydrogen-bond donors (Lipinski definition) is 1. The Labute approximate surface area is 163 Å². The SMILES string of the molecule is Cc1cc(C(=O)NC2CCN(C(=O)Cn3c(C)cc4ccccc43)CC2)no1.